The van der Waals surface area contributed by atoms with Gasteiger partial charge in [0.15, 0.2) is 0 Å². The Hall–Kier alpha value is -3.14. The third-order valence-electron chi connectivity index (χ3n) is 2.81. The van der Waals surface area contributed by atoms with E-state index in [0.29, 0.717) is 5.56 Å². The molecule has 23 heavy (non-hydrogen) atoms. The fourth-order valence-electron chi connectivity index (χ4n) is 1.75. The lowest BCUT2D eigenvalue weighted by molar-refractivity contribution is -0.137. The molecule has 0 unspecified atom stereocenters. The molecule has 1 amide bonds. The standard InChI is InChI=1S/C16H10F3N3O/c17-16(18,19)13-4-1-5-14(8-13)22-15(23)12(9-20)7-11-3-2-6-21-10-11/h1-8,10H,(H,22,23). The first-order valence-corrected chi connectivity index (χ1v) is 6.40. The summed E-state index contributed by atoms with van der Waals surface area (Å²) in [5.74, 6) is -0.796. The number of anilines is 1. The van der Waals surface area contributed by atoms with Crippen molar-refractivity contribution in [3.63, 3.8) is 0 Å². The van der Waals surface area contributed by atoms with E-state index in [2.05, 4.69) is 10.3 Å². The zero-order chi connectivity index (χ0) is 16.9. The highest BCUT2D eigenvalue weighted by molar-refractivity contribution is 6.09. The van der Waals surface area contributed by atoms with Gasteiger partial charge in [-0.3, -0.25) is 9.78 Å². The smallest absolute Gasteiger partial charge is 0.321 e. The Morgan fingerprint density at radius 3 is 2.65 bits per heavy atom. The number of rotatable bonds is 3. The zero-order valence-electron chi connectivity index (χ0n) is 11.6. The van der Waals surface area contributed by atoms with Crippen LogP contribution in [-0.2, 0) is 11.0 Å². The molecule has 4 nitrogen and oxygen atoms in total. The molecule has 0 bridgehead atoms. The molecule has 1 aromatic heterocycles. The van der Waals surface area contributed by atoms with Crippen molar-refractivity contribution in [2.75, 3.05) is 5.32 Å². The van der Waals surface area contributed by atoms with Crippen molar-refractivity contribution in [3.05, 3.63) is 65.5 Å². The lowest BCUT2D eigenvalue weighted by atomic mass is 10.1. The number of nitriles is 1. The number of carbonyl (C=O) groups excluding carboxylic acids is 1. The Morgan fingerprint density at radius 2 is 2.04 bits per heavy atom. The van der Waals surface area contributed by atoms with Crippen molar-refractivity contribution in [3.8, 4) is 6.07 Å². The monoisotopic (exact) mass is 317 g/mol. The topological polar surface area (TPSA) is 65.8 Å². The summed E-state index contributed by atoms with van der Waals surface area (Å²) in [5, 5.41) is 11.3. The van der Waals surface area contributed by atoms with Crippen LogP contribution >= 0.6 is 0 Å². The first kappa shape index (κ1) is 16.2. The van der Waals surface area contributed by atoms with Crippen molar-refractivity contribution in [1.29, 1.82) is 5.26 Å². The predicted molar refractivity (Wildman–Crippen MR) is 77.9 cm³/mol. The van der Waals surface area contributed by atoms with Gasteiger partial charge in [-0.2, -0.15) is 18.4 Å². The summed E-state index contributed by atoms with van der Waals surface area (Å²) in [6.45, 7) is 0. The van der Waals surface area contributed by atoms with E-state index in [1.165, 1.54) is 30.6 Å². The number of hydrogen-bond acceptors (Lipinski definition) is 3. The van der Waals surface area contributed by atoms with Gasteiger partial charge in [-0.05, 0) is 35.9 Å². The Kier molecular flexibility index (Phi) is 4.76. The summed E-state index contributed by atoms with van der Waals surface area (Å²) in [6, 6.07) is 9.17. The first-order valence-electron chi connectivity index (χ1n) is 6.40. The molecule has 0 aliphatic carbocycles. The highest BCUT2D eigenvalue weighted by Crippen LogP contribution is 2.30. The van der Waals surface area contributed by atoms with Crippen LogP contribution in [0.2, 0.25) is 0 Å². The van der Waals surface area contributed by atoms with Gasteiger partial charge >= 0.3 is 6.18 Å². The van der Waals surface area contributed by atoms with Gasteiger partial charge < -0.3 is 5.32 Å². The Balaban J connectivity index is 2.21. The van der Waals surface area contributed by atoms with Crippen molar-refractivity contribution >= 4 is 17.7 Å². The number of halogens is 3. The third-order valence-corrected chi connectivity index (χ3v) is 2.81. The minimum atomic E-state index is -4.51. The van der Waals surface area contributed by atoms with Crippen LogP contribution in [0.3, 0.4) is 0 Å². The number of carbonyl (C=O) groups is 1. The number of amides is 1. The van der Waals surface area contributed by atoms with Gasteiger partial charge in [0, 0.05) is 18.1 Å². The summed E-state index contributed by atoms with van der Waals surface area (Å²) in [4.78, 5) is 15.8. The Morgan fingerprint density at radius 1 is 1.26 bits per heavy atom. The van der Waals surface area contributed by atoms with E-state index in [9.17, 15) is 18.0 Å². The maximum Gasteiger partial charge on any atom is 0.416 e. The van der Waals surface area contributed by atoms with Crippen LogP contribution in [0.5, 0.6) is 0 Å². The van der Waals surface area contributed by atoms with Crippen LogP contribution in [0, 0.1) is 11.3 Å². The molecule has 0 fully saturated rings. The first-order chi connectivity index (χ1) is 10.9. The maximum absolute atomic E-state index is 12.6. The molecule has 0 spiro atoms. The number of hydrogen-bond donors (Lipinski definition) is 1. The van der Waals surface area contributed by atoms with Crippen LogP contribution in [0.15, 0.2) is 54.4 Å². The number of benzene rings is 1. The molecule has 1 N–H and O–H groups in total. The van der Waals surface area contributed by atoms with Crippen molar-refractivity contribution in [2.24, 2.45) is 0 Å². The summed E-state index contributed by atoms with van der Waals surface area (Å²) in [5.41, 5.74) is -0.638. The second-order valence-corrected chi connectivity index (χ2v) is 4.49. The Labute approximate surface area is 129 Å². The van der Waals surface area contributed by atoms with Gasteiger partial charge in [-0.1, -0.05) is 12.1 Å². The molecule has 2 aromatic rings. The van der Waals surface area contributed by atoms with Gasteiger partial charge in [-0.15, -0.1) is 0 Å². The number of nitrogens with one attached hydrogen (secondary N) is 1. The fraction of sp³-hybridized carbons (Fsp3) is 0.0625. The largest absolute Gasteiger partial charge is 0.416 e. The second-order valence-electron chi connectivity index (χ2n) is 4.49. The summed E-state index contributed by atoms with van der Waals surface area (Å²) in [7, 11) is 0. The molecule has 0 saturated heterocycles. The molecule has 0 radical (unpaired) electrons. The Bertz CT molecular complexity index is 777. The molecule has 0 saturated carbocycles. The van der Waals surface area contributed by atoms with Gasteiger partial charge in [0.2, 0.25) is 0 Å². The third kappa shape index (κ3) is 4.41. The minimum absolute atomic E-state index is 0.0443. The van der Waals surface area contributed by atoms with E-state index in [-0.39, 0.29) is 11.3 Å². The average molecular weight is 317 g/mol. The average Bonchev–Trinajstić information content (AvgIpc) is 2.53. The summed E-state index contributed by atoms with van der Waals surface area (Å²) in [6.07, 6.45) is -0.221. The van der Waals surface area contributed by atoms with E-state index in [1.807, 2.05) is 0 Å². The van der Waals surface area contributed by atoms with Gasteiger partial charge in [0.1, 0.15) is 11.6 Å². The molecule has 0 aliphatic rings. The zero-order valence-corrected chi connectivity index (χ0v) is 11.6. The molecule has 7 heteroatoms. The molecule has 0 aliphatic heterocycles. The summed E-state index contributed by atoms with van der Waals surface area (Å²) < 4.78 is 37.9. The quantitative estimate of drug-likeness (QED) is 0.694. The molecule has 2 rings (SSSR count). The van der Waals surface area contributed by atoms with Crippen LogP contribution in [0.1, 0.15) is 11.1 Å². The second kappa shape index (κ2) is 6.75. The van der Waals surface area contributed by atoms with Crippen molar-refractivity contribution < 1.29 is 18.0 Å². The van der Waals surface area contributed by atoms with Crippen LogP contribution in [-0.4, -0.2) is 10.9 Å². The van der Waals surface area contributed by atoms with Crippen molar-refractivity contribution in [1.82, 2.24) is 4.98 Å². The molecular weight excluding hydrogens is 307 g/mol. The van der Waals surface area contributed by atoms with E-state index >= 15 is 0 Å². The van der Waals surface area contributed by atoms with E-state index in [1.54, 1.807) is 18.2 Å². The van der Waals surface area contributed by atoms with Crippen LogP contribution < -0.4 is 5.32 Å². The number of pyridine rings is 1. The van der Waals surface area contributed by atoms with Crippen LogP contribution in [0.25, 0.3) is 6.08 Å². The fourth-order valence-corrected chi connectivity index (χ4v) is 1.75. The van der Waals surface area contributed by atoms with Gasteiger partial charge in [0.05, 0.1) is 5.56 Å². The lowest BCUT2D eigenvalue weighted by Crippen LogP contribution is -2.14. The maximum atomic E-state index is 12.6. The van der Waals surface area contributed by atoms with Crippen molar-refractivity contribution in [2.45, 2.75) is 6.18 Å². The highest BCUT2D eigenvalue weighted by Gasteiger charge is 2.30. The van der Waals surface area contributed by atoms with E-state index in [0.717, 1.165) is 12.1 Å². The molecular formula is C16H10F3N3O. The molecule has 116 valence electrons. The van der Waals surface area contributed by atoms with E-state index in [4.69, 9.17) is 5.26 Å². The highest BCUT2D eigenvalue weighted by atomic mass is 19.4. The minimum Gasteiger partial charge on any atom is -0.321 e. The van der Waals surface area contributed by atoms with Crippen LogP contribution in [0.4, 0.5) is 18.9 Å². The lowest BCUT2D eigenvalue weighted by Gasteiger charge is -2.09. The normalized spacial score (nSPS) is 11.7. The number of nitrogens with zero attached hydrogens (tertiary/aromatic N) is 2. The number of alkyl halides is 3. The molecule has 0 atom stereocenters. The molecule has 1 aromatic carbocycles. The van der Waals surface area contributed by atoms with Gasteiger partial charge in [-0.25, -0.2) is 0 Å². The predicted octanol–water partition coefficient (Wildman–Crippen LogP) is 3.65. The molecule has 1 heterocycles. The van der Waals surface area contributed by atoms with Gasteiger partial charge in [0.25, 0.3) is 5.91 Å². The van der Waals surface area contributed by atoms with E-state index < -0.39 is 17.6 Å². The SMILES string of the molecule is N#CC(=Cc1cccnc1)C(=O)Nc1cccc(C(F)(F)F)c1. The number of aromatic nitrogens is 1. The summed E-state index contributed by atoms with van der Waals surface area (Å²) >= 11 is 0.